The Hall–Kier alpha value is -0.810. The van der Waals surface area contributed by atoms with Crippen LogP contribution in [0.4, 0.5) is 4.79 Å². The van der Waals surface area contributed by atoms with E-state index in [-0.39, 0.29) is 19.0 Å². The number of aliphatic hydroxyl groups excluding tert-OH is 2. The van der Waals surface area contributed by atoms with Crippen molar-refractivity contribution in [3.05, 3.63) is 0 Å². The van der Waals surface area contributed by atoms with Gasteiger partial charge < -0.3 is 19.8 Å². The van der Waals surface area contributed by atoms with Gasteiger partial charge in [0.25, 0.3) is 0 Å². The topological polar surface area (TPSA) is 70.0 Å². The Labute approximate surface area is 96.0 Å². The zero-order chi connectivity index (χ0) is 12.5. The van der Waals surface area contributed by atoms with Crippen molar-refractivity contribution < 1.29 is 19.7 Å². The minimum atomic E-state index is -0.698. The van der Waals surface area contributed by atoms with Gasteiger partial charge in [0.15, 0.2) is 0 Å². The standard InChI is InChI=1S/C11H21NO4/c1-7-8(13)5-12(6-9(7)14)10(15)16-11(2,3)4/h7-9,13-14H,5-6H2,1-4H3. The highest BCUT2D eigenvalue weighted by Gasteiger charge is 2.35. The van der Waals surface area contributed by atoms with E-state index in [0.717, 1.165) is 0 Å². The average Bonchev–Trinajstić information content (AvgIpc) is 2.10. The second-order valence-electron chi connectivity index (χ2n) is 5.38. The van der Waals surface area contributed by atoms with Gasteiger partial charge in [0.2, 0.25) is 0 Å². The van der Waals surface area contributed by atoms with Crippen LogP contribution in [-0.4, -0.2) is 52.1 Å². The highest BCUT2D eigenvalue weighted by atomic mass is 16.6. The van der Waals surface area contributed by atoms with E-state index in [2.05, 4.69) is 0 Å². The van der Waals surface area contributed by atoms with E-state index in [1.807, 2.05) is 0 Å². The molecule has 0 spiro atoms. The van der Waals surface area contributed by atoms with Crippen molar-refractivity contribution >= 4 is 6.09 Å². The van der Waals surface area contributed by atoms with Crippen molar-refractivity contribution in [2.75, 3.05) is 13.1 Å². The van der Waals surface area contributed by atoms with Crippen LogP contribution >= 0.6 is 0 Å². The Morgan fingerprint density at radius 2 is 1.69 bits per heavy atom. The summed E-state index contributed by atoms with van der Waals surface area (Å²) in [4.78, 5) is 13.0. The highest BCUT2D eigenvalue weighted by molar-refractivity contribution is 5.68. The lowest BCUT2D eigenvalue weighted by Crippen LogP contribution is -2.54. The van der Waals surface area contributed by atoms with Gasteiger partial charge in [-0.2, -0.15) is 0 Å². The lowest BCUT2D eigenvalue weighted by Gasteiger charge is -2.38. The molecule has 5 heteroatoms. The molecule has 1 aliphatic rings. The summed E-state index contributed by atoms with van der Waals surface area (Å²) < 4.78 is 5.17. The first-order valence-electron chi connectivity index (χ1n) is 5.55. The number of hydrogen-bond donors (Lipinski definition) is 2. The predicted octanol–water partition coefficient (Wildman–Crippen LogP) is 0.595. The minimum absolute atomic E-state index is 0.210. The molecule has 94 valence electrons. The molecule has 0 saturated carbocycles. The van der Waals surface area contributed by atoms with Crippen molar-refractivity contribution in [2.45, 2.75) is 45.5 Å². The third-order valence-electron chi connectivity index (χ3n) is 2.68. The first-order valence-corrected chi connectivity index (χ1v) is 5.55. The highest BCUT2D eigenvalue weighted by Crippen LogP contribution is 2.20. The van der Waals surface area contributed by atoms with Crippen molar-refractivity contribution in [1.82, 2.24) is 4.90 Å². The normalized spacial score (nSPS) is 31.4. The molecule has 1 saturated heterocycles. The number of nitrogens with zero attached hydrogens (tertiary/aromatic N) is 1. The molecule has 1 rings (SSSR count). The first kappa shape index (κ1) is 13.3. The number of carbonyl (C=O) groups excluding carboxylic acids is 1. The molecule has 1 aliphatic heterocycles. The molecule has 0 aliphatic carbocycles. The third-order valence-corrected chi connectivity index (χ3v) is 2.68. The molecule has 0 aromatic carbocycles. The molecule has 2 unspecified atom stereocenters. The van der Waals surface area contributed by atoms with Crippen molar-refractivity contribution in [3.63, 3.8) is 0 Å². The van der Waals surface area contributed by atoms with Crippen molar-refractivity contribution in [3.8, 4) is 0 Å². The summed E-state index contributed by atoms with van der Waals surface area (Å²) in [5.74, 6) is -0.210. The molecule has 1 fully saturated rings. The van der Waals surface area contributed by atoms with Gasteiger partial charge in [-0.25, -0.2) is 4.79 Å². The molecule has 0 radical (unpaired) electrons. The SMILES string of the molecule is CC1C(O)CN(C(=O)OC(C)(C)C)CC1O. The van der Waals surface area contributed by atoms with Crippen molar-refractivity contribution in [2.24, 2.45) is 5.92 Å². The van der Waals surface area contributed by atoms with Gasteiger partial charge in [0, 0.05) is 5.92 Å². The molecule has 0 aromatic heterocycles. The van der Waals surface area contributed by atoms with E-state index in [4.69, 9.17) is 4.74 Å². The Balaban J connectivity index is 2.58. The number of ether oxygens (including phenoxy) is 1. The maximum Gasteiger partial charge on any atom is 0.410 e. The van der Waals surface area contributed by atoms with Crippen LogP contribution in [0.25, 0.3) is 0 Å². The van der Waals surface area contributed by atoms with Crippen LogP contribution in [0.15, 0.2) is 0 Å². The second-order valence-corrected chi connectivity index (χ2v) is 5.38. The Kier molecular flexibility index (Phi) is 3.80. The number of hydrogen-bond acceptors (Lipinski definition) is 4. The van der Waals surface area contributed by atoms with Crippen LogP contribution in [0.5, 0.6) is 0 Å². The Morgan fingerprint density at radius 3 is 2.06 bits per heavy atom. The summed E-state index contributed by atoms with van der Waals surface area (Å²) in [5, 5.41) is 19.3. The lowest BCUT2D eigenvalue weighted by atomic mass is 9.93. The molecular weight excluding hydrogens is 210 g/mol. The van der Waals surface area contributed by atoms with E-state index in [0.29, 0.717) is 0 Å². The Bertz CT molecular complexity index is 249. The van der Waals surface area contributed by atoms with Crippen LogP contribution in [0, 0.1) is 5.92 Å². The van der Waals surface area contributed by atoms with Gasteiger partial charge in [-0.15, -0.1) is 0 Å². The molecule has 0 aromatic rings. The number of piperidine rings is 1. The number of carbonyl (C=O) groups is 1. The largest absolute Gasteiger partial charge is 0.444 e. The van der Waals surface area contributed by atoms with Gasteiger partial charge in [-0.3, -0.25) is 0 Å². The quantitative estimate of drug-likeness (QED) is 0.640. The summed E-state index contributed by atoms with van der Waals surface area (Å²) in [5.41, 5.74) is -0.559. The monoisotopic (exact) mass is 231 g/mol. The summed E-state index contributed by atoms with van der Waals surface area (Å²) in [6.07, 6.45) is -1.88. The van der Waals surface area contributed by atoms with E-state index in [1.54, 1.807) is 27.7 Å². The maximum absolute atomic E-state index is 11.7. The van der Waals surface area contributed by atoms with E-state index < -0.39 is 23.9 Å². The number of rotatable bonds is 0. The smallest absolute Gasteiger partial charge is 0.410 e. The molecule has 0 bridgehead atoms. The molecule has 2 N–H and O–H groups in total. The van der Waals surface area contributed by atoms with Crippen LogP contribution in [-0.2, 0) is 4.74 Å². The maximum atomic E-state index is 11.7. The zero-order valence-corrected chi connectivity index (χ0v) is 10.3. The van der Waals surface area contributed by atoms with Gasteiger partial charge in [0.05, 0.1) is 25.3 Å². The predicted molar refractivity (Wildman–Crippen MR) is 59.0 cm³/mol. The Morgan fingerprint density at radius 1 is 1.25 bits per heavy atom. The fraction of sp³-hybridized carbons (Fsp3) is 0.909. The molecule has 5 nitrogen and oxygen atoms in total. The fourth-order valence-corrected chi connectivity index (χ4v) is 1.59. The number of likely N-dealkylation sites (tertiary alicyclic amines) is 1. The van der Waals surface area contributed by atoms with Gasteiger partial charge in [-0.1, -0.05) is 6.92 Å². The molecule has 16 heavy (non-hydrogen) atoms. The van der Waals surface area contributed by atoms with Crippen LogP contribution in [0.3, 0.4) is 0 Å². The third kappa shape index (κ3) is 3.35. The number of amides is 1. The summed E-state index contributed by atoms with van der Waals surface area (Å²) in [6, 6.07) is 0. The first-order chi connectivity index (χ1) is 7.20. The number of β-amino-alcohol motifs (C(OH)–C–C–N with tert-alkyl or cyclic N) is 2. The van der Waals surface area contributed by atoms with Gasteiger partial charge in [0.1, 0.15) is 5.60 Å². The minimum Gasteiger partial charge on any atom is -0.444 e. The van der Waals surface area contributed by atoms with Crippen LogP contribution in [0.2, 0.25) is 0 Å². The van der Waals surface area contributed by atoms with Crippen LogP contribution in [0.1, 0.15) is 27.7 Å². The molecule has 1 amide bonds. The second kappa shape index (κ2) is 4.59. The fourth-order valence-electron chi connectivity index (χ4n) is 1.59. The average molecular weight is 231 g/mol. The lowest BCUT2D eigenvalue weighted by molar-refractivity contribution is -0.0605. The van der Waals surface area contributed by atoms with Gasteiger partial charge >= 0.3 is 6.09 Å². The molecule has 2 atom stereocenters. The van der Waals surface area contributed by atoms with E-state index >= 15 is 0 Å². The van der Waals surface area contributed by atoms with E-state index in [1.165, 1.54) is 4.90 Å². The van der Waals surface area contributed by atoms with Gasteiger partial charge in [-0.05, 0) is 20.8 Å². The molecular formula is C11H21NO4. The van der Waals surface area contributed by atoms with Crippen LogP contribution < -0.4 is 0 Å². The molecule has 1 heterocycles. The zero-order valence-electron chi connectivity index (χ0n) is 10.3. The van der Waals surface area contributed by atoms with E-state index in [9.17, 15) is 15.0 Å². The summed E-state index contributed by atoms with van der Waals surface area (Å²) >= 11 is 0. The summed E-state index contributed by atoms with van der Waals surface area (Å²) in [7, 11) is 0. The number of aliphatic hydroxyl groups is 2. The van der Waals surface area contributed by atoms with Crippen molar-refractivity contribution in [1.29, 1.82) is 0 Å². The summed E-state index contributed by atoms with van der Waals surface area (Å²) in [6.45, 7) is 7.54.